The fraction of sp³-hybridized carbons (Fsp3) is 0.800. The van der Waals surface area contributed by atoms with Crippen LogP contribution in [0.25, 0.3) is 0 Å². The van der Waals surface area contributed by atoms with E-state index in [-0.39, 0.29) is 5.41 Å². The number of carbonyl (C=O) groups excluding carboxylic acids is 2. The molecule has 0 aromatic rings. The van der Waals surface area contributed by atoms with E-state index in [1.807, 2.05) is 0 Å². The molecule has 2 aliphatic carbocycles. The highest BCUT2D eigenvalue weighted by Gasteiger charge is 2.44. The minimum atomic E-state index is -0.185. The summed E-state index contributed by atoms with van der Waals surface area (Å²) < 4.78 is 0. The van der Waals surface area contributed by atoms with Gasteiger partial charge >= 0.3 is 0 Å². The normalized spacial score (nSPS) is 36.3. The molecule has 2 heteroatoms. The Morgan fingerprint density at radius 1 is 1.00 bits per heavy atom. The van der Waals surface area contributed by atoms with Crippen LogP contribution in [-0.2, 0) is 9.59 Å². The van der Waals surface area contributed by atoms with E-state index in [4.69, 9.17) is 0 Å². The van der Waals surface area contributed by atoms with Gasteiger partial charge in [0, 0.05) is 24.7 Å². The second-order valence-corrected chi connectivity index (χ2v) is 4.13. The van der Waals surface area contributed by atoms with E-state index >= 15 is 0 Å². The fourth-order valence-corrected chi connectivity index (χ4v) is 2.62. The summed E-state index contributed by atoms with van der Waals surface area (Å²) in [7, 11) is 0. The molecule has 0 radical (unpaired) electrons. The van der Waals surface area contributed by atoms with Gasteiger partial charge in [-0.3, -0.25) is 9.59 Å². The van der Waals surface area contributed by atoms with Crippen LogP contribution >= 0.6 is 0 Å². The van der Waals surface area contributed by atoms with E-state index in [0.29, 0.717) is 30.8 Å². The minimum absolute atomic E-state index is 0.185. The summed E-state index contributed by atoms with van der Waals surface area (Å²) in [5, 5.41) is 0. The van der Waals surface area contributed by atoms with Crippen LogP contribution in [-0.4, -0.2) is 11.6 Å². The molecule has 2 rings (SSSR count). The summed E-state index contributed by atoms with van der Waals surface area (Å²) in [6.45, 7) is 0. The first-order valence-corrected chi connectivity index (χ1v) is 4.78. The molecule has 0 N–H and O–H groups in total. The van der Waals surface area contributed by atoms with E-state index in [2.05, 4.69) is 0 Å². The molecule has 2 fully saturated rings. The van der Waals surface area contributed by atoms with Gasteiger partial charge in [-0.15, -0.1) is 0 Å². The van der Waals surface area contributed by atoms with Crippen LogP contribution in [0, 0.1) is 5.41 Å². The van der Waals surface area contributed by atoms with Gasteiger partial charge in [-0.25, -0.2) is 0 Å². The number of Topliss-reactive ketones (excluding diaryl/α,β-unsaturated/α-hetero) is 2. The van der Waals surface area contributed by atoms with Crippen LogP contribution in [0.15, 0.2) is 0 Å². The smallest absolute Gasteiger partial charge is 0.139 e. The first-order chi connectivity index (χ1) is 5.73. The molecule has 0 aromatic heterocycles. The molecular weight excluding hydrogens is 152 g/mol. The number of hydrogen-bond donors (Lipinski definition) is 0. The number of hydrogen-bond acceptors (Lipinski definition) is 2. The first-order valence-electron chi connectivity index (χ1n) is 4.78. The van der Waals surface area contributed by atoms with Crippen molar-refractivity contribution >= 4 is 11.6 Å². The molecule has 0 aliphatic heterocycles. The van der Waals surface area contributed by atoms with Crippen molar-refractivity contribution in [1.82, 2.24) is 0 Å². The number of ketones is 2. The lowest BCUT2D eigenvalue weighted by molar-refractivity contribution is -0.134. The molecule has 0 amide bonds. The second kappa shape index (κ2) is 2.68. The highest BCUT2D eigenvalue weighted by Crippen LogP contribution is 2.45. The Balaban J connectivity index is 2.18. The maximum Gasteiger partial charge on any atom is 0.139 e. The predicted molar refractivity (Wildman–Crippen MR) is 44.8 cm³/mol. The Labute approximate surface area is 72.3 Å². The molecular formula is C10H14O2. The molecule has 2 saturated carbocycles. The maximum atomic E-state index is 11.5. The van der Waals surface area contributed by atoms with Crippen LogP contribution < -0.4 is 0 Å². The number of carbonyl (C=O) groups is 2. The molecule has 12 heavy (non-hydrogen) atoms. The van der Waals surface area contributed by atoms with Crippen molar-refractivity contribution in [2.24, 2.45) is 5.41 Å². The van der Waals surface area contributed by atoms with Crippen molar-refractivity contribution in [3.8, 4) is 0 Å². The van der Waals surface area contributed by atoms with E-state index in [1.165, 1.54) is 0 Å². The quantitative estimate of drug-likeness (QED) is 0.550. The highest BCUT2D eigenvalue weighted by molar-refractivity contribution is 5.93. The van der Waals surface area contributed by atoms with Crippen LogP contribution in [0.3, 0.4) is 0 Å². The van der Waals surface area contributed by atoms with Crippen molar-refractivity contribution in [1.29, 1.82) is 0 Å². The van der Waals surface area contributed by atoms with Gasteiger partial charge in [0.1, 0.15) is 11.6 Å². The molecule has 0 aromatic carbocycles. The molecule has 1 unspecified atom stereocenters. The van der Waals surface area contributed by atoms with Crippen LogP contribution in [0.2, 0.25) is 0 Å². The number of rotatable bonds is 0. The zero-order valence-corrected chi connectivity index (χ0v) is 7.27. The Kier molecular flexibility index (Phi) is 1.78. The topological polar surface area (TPSA) is 34.1 Å². The van der Waals surface area contributed by atoms with Crippen molar-refractivity contribution in [3.63, 3.8) is 0 Å². The van der Waals surface area contributed by atoms with E-state index in [0.717, 1.165) is 25.7 Å². The minimum Gasteiger partial charge on any atom is -0.300 e. The van der Waals surface area contributed by atoms with Crippen molar-refractivity contribution < 1.29 is 9.59 Å². The van der Waals surface area contributed by atoms with Gasteiger partial charge in [0.2, 0.25) is 0 Å². The third kappa shape index (κ3) is 1.10. The predicted octanol–water partition coefficient (Wildman–Crippen LogP) is 1.87. The lowest BCUT2D eigenvalue weighted by Crippen LogP contribution is -2.32. The third-order valence-corrected chi connectivity index (χ3v) is 3.30. The van der Waals surface area contributed by atoms with Gasteiger partial charge in [0.25, 0.3) is 0 Å². The van der Waals surface area contributed by atoms with Gasteiger partial charge in [0.05, 0.1) is 0 Å². The standard InChI is InChI=1S/C10H14O2/c11-8-3-1-5-10(7-8)6-2-4-9(10)12/h1-7H2. The molecule has 0 bridgehead atoms. The Morgan fingerprint density at radius 2 is 1.67 bits per heavy atom. The van der Waals surface area contributed by atoms with Crippen LogP contribution in [0.5, 0.6) is 0 Å². The van der Waals surface area contributed by atoms with Crippen LogP contribution in [0.4, 0.5) is 0 Å². The Morgan fingerprint density at radius 3 is 2.25 bits per heavy atom. The van der Waals surface area contributed by atoms with Gasteiger partial charge in [-0.2, -0.15) is 0 Å². The molecule has 0 saturated heterocycles. The zero-order chi connectivity index (χ0) is 8.60. The van der Waals surface area contributed by atoms with Crippen molar-refractivity contribution in [2.75, 3.05) is 0 Å². The summed E-state index contributed by atoms with van der Waals surface area (Å²) in [5.74, 6) is 0.659. The van der Waals surface area contributed by atoms with Crippen molar-refractivity contribution in [3.05, 3.63) is 0 Å². The van der Waals surface area contributed by atoms with E-state index < -0.39 is 0 Å². The molecule has 0 heterocycles. The first kappa shape index (κ1) is 7.96. The average Bonchev–Trinajstić information content (AvgIpc) is 2.33. The summed E-state index contributed by atoms with van der Waals surface area (Å²) in [4.78, 5) is 22.8. The fourth-order valence-electron chi connectivity index (χ4n) is 2.62. The largest absolute Gasteiger partial charge is 0.300 e. The van der Waals surface area contributed by atoms with Gasteiger partial charge in [-0.1, -0.05) is 0 Å². The van der Waals surface area contributed by atoms with Gasteiger partial charge in [-0.05, 0) is 25.7 Å². The summed E-state index contributed by atoms with van der Waals surface area (Å²) >= 11 is 0. The second-order valence-electron chi connectivity index (χ2n) is 4.13. The Hall–Kier alpha value is -0.660. The van der Waals surface area contributed by atoms with Gasteiger partial charge in [0.15, 0.2) is 0 Å². The van der Waals surface area contributed by atoms with E-state index in [1.54, 1.807) is 0 Å². The zero-order valence-electron chi connectivity index (χ0n) is 7.27. The van der Waals surface area contributed by atoms with Gasteiger partial charge < -0.3 is 0 Å². The maximum absolute atomic E-state index is 11.5. The highest BCUT2D eigenvalue weighted by atomic mass is 16.1. The SMILES string of the molecule is O=C1CCCC2(CCCC2=O)C1. The third-order valence-electron chi connectivity index (χ3n) is 3.30. The molecule has 66 valence electrons. The molecule has 1 atom stereocenters. The summed E-state index contributed by atoms with van der Waals surface area (Å²) in [6, 6.07) is 0. The lowest BCUT2D eigenvalue weighted by Gasteiger charge is -2.30. The van der Waals surface area contributed by atoms with Crippen molar-refractivity contribution in [2.45, 2.75) is 44.9 Å². The summed E-state index contributed by atoms with van der Waals surface area (Å²) in [6.07, 6.45) is 5.85. The lowest BCUT2D eigenvalue weighted by atomic mass is 9.72. The molecule has 2 nitrogen and oxygen atoms in total. The van der Waals surface area contributed by atoms with E-state index in [9.17, 15) is 9.59 Å². The molecule has 2 aliphatic rings. The monoisotopic (exact) mass is 166 g/mol. The summed E-state index contributed by atoms with van der Waals surface area (Å²) in [5.41, 5.74) is -0.185. The van der Waals surface area contributed by atoms with Crippen LogP contribution in [0.1, 0.15) is 44.9 Å². The molecule has 1 spiro atoms. The average molecular weight is 166 g/mol. The Bertz CT molecular complexity index is 232.